The topological polar surface area (TPSA) is 26.0 Å². The molecule has 3 rings (SSSR count). The minimum Gasteiger partial charge on any atom is -0.329 e. The zero-order valence-electron chi connectivity index (χ0n) is 8.54. The lowest BCUT2D eigenvalue weighted by atomic mass is 9.95. The molecule has 0 bridgehead atoms. The van der Waals surface area contributed by atoms with E-state index in [-0.39, 0.29) is 13.0 Å². The van der Waals surface area contributed by atoms with E-state index >= 15 is 0 Å². The second-order valence-corrected chi connectivity index (χ2v) is 5.22. The third kappa shape index (κ3) is 1.11. The van der Waals surface area contributed by atoms with E-state index in [1.807, 2.05) is 29.6 Å². The summed E-state index contributed by atoms with van der Waals surface area (Å²) in [6, 6.07) is 7.65. The van der Waals surface area contributed by atoms with Gasteiger partial charge in [-0.1, -0.05) is 18.2 Å². The molecule has 1 aliphatic rings. The second-order valence-electron chi connectivity index (χ2n) is 4.31. The highest BCUT2D eigenvalue weighted by atomic mass is 32.1. The molecule has 1 unspecified atom stereocenters. The molecule has 16 heavy (non-hydrogen) atoms. The number of hydrogen-bond donors (Lipinski definition) is 1. The Morgan fingerprint density at radius 3 is 2.62 bits per heavy atom. The molecule has 0 amide bonds. The molecule has 1 aliphatic carbocycles. The fourth-order valence-corrected chi connectivity index (χ4v) is 3.37. The molecule has 4 heteroatoms. The number of thiophene rings is 1. The number of benzene rings is 1. The average molecular weight is 239 g/mol. The van der Waals surface area contributed by atoms with Crippen molar-refractivity contribution in [3.63, 3.8) is 0 Å². The van der Waals surface area contributed by atoms with Crippen molar-refractivity contribution in [3.05, 3.63) is 35.2 Å². The van der Waals surface area contributed by atoms with Crippen molar-refractivity contribution in [1.82, 2.24) is 0 Å². The standard InChI is InChI=1S/C12H11F2NS/c13-12(14)6-11(12,7-15)9-5-16-10-4-2-1-3-8(9)10/h1-5H,6-7,15H2. The van der Waals surface area contributed by atoms with Crippen LogP contribution in [0.1, 0.15) is 12.0 Å². The molecule has 2 aromatic rings. The molecule has 1 aromatic carbocycles. The Morgan fingerprint density at radius 2 is 2.00 bits per heavy atom. The van der Waals surface area contributed by atoms with Crippen LogP contribution in [0.15, 0.2) is 29.6 Å². The molecule has 0 aliphatic heterocycles. The Kier molecular flexibility index (Phi) is 1.92. The fraction of sp³-hybridized carbons (Fsp3) is 0.333. The molecule has 1 nitrogen and oxygen atoms in total. The first kappa shape index (κ1) is 10.2. The number of alkyl halides is 2. The summed E-state index contributed by atoms with van der Waals surface area (Å²) in [4.78, 5) is 0. The van der Waals surface area contributed by atoms with Crippen molar-refractivity contribution in [3.8, 4) is 0 Å². The van der Waals surface area contributed by atoms with E-state index in [0.717, 1.165) is 15.6 Å². The summed E-state index contributed by atoms with van der Waals surface area (Å²) in [6.07, 6.45) is -0.114. The molecular formula is C12H11F2NS. The van der Waals surface area contributed by atoms with Gasteiger partial charge in [-0.2, -0.15) is 0 Å². The van der Waals surface area contributed by atoms with Gasteiger partial charge in [0.25, 0.3) is 5.92 Å². The molecule has 84 valence electrons. The quantitative estimate of drug-likeness (QED) is 0.856. The molecule has 0 spiro atoms. The van der Waals surface area contributed by atoms with Gasteiger partial charge in [-0.15, -0.1) is 11.3 Å². The summed E-state index contributed by atoms with van der Waals surface area (Å²) >= 11 is 1.51. The minimum absolute atomic E-state index is 0.0146. The highest BCUT2D eigenvalue weighted by Gasteiger charge is 2.71. The van der Waals surface area contributed by atoms with Crippen LogP contribution in [0, 0.1) is 0 Å². The van der Waals surface area contributed by atoms with E-state index in [1.165, 1.54) is 11.3 Å². The van der Waals surface area contributed by atoms with Crippen molar-refractivity contribution in [1.29, 1.82) is 0 Å². The van der Waals surface area contributed by atoms with Gasteiger partial charge in [0, 0.05) is 17.7 Å². The molecule has 1 aromatic heterocycles. The van der Waals surface area contributed by atoms with Crippen LogP contribution in [0.3, 0.4) is 0 Å². The second kappa shape index (κ2) is 3.02. The number of fused-ring (bicyclic) bond motifs is 1. The predicted molar refractivity (Wildman–Crippen MR) is 62.1 cm³/mol. The summed E-state index contributed by atoms with van der Waals surface area (Å²) in [5.41, 5.74) is 5.17. The van der Waals surface area contributed by atoms with Crippen molar-refractivity contribution >= 4 is 21.4 Å². The smallest absolute Gasteiger partial charge is 0.260 e. The molecule has 1 saturated carbocycles. The SMILES string of the molecule is NCC1(c2csc3ccccc23)CC1(F)F. The molecule has 1 atom stereocenters. The van der Waals surface area contributed by atoms with Gasteiger partial charge in [-0.25, -0.2) is 8.78 Å². The van der Waals surface area contributed by atoms with Crippen LogP contribution in [0.25, 0.3) is 10.1 Å². The fourth-order valence-electron chi connectivity index (χ4n) is 2.31. The third-order valence-corrected chi connectivity index (χ3v) is 4.41. The molecule has 0 radical (unpaired) electrons. The maximum absolute atomic E-state index is 13.5. The summed E-state index contributed by atoms with van der Waals surface area (Å²) in [7, 11) is 0. The van der Waals surface area contributed by atoms with Gasteiger partial charge in [0.05, 0.1) is 5.41 Å². The lowest BCUT2D eigenvalue weighted by molar-refractivity contribution is 0.0900. The lowest BCUT2D eigenvalue weighted by Crippen LogP contribution is -2.26. The molecule has 1 heterocycles. The van der Waals surface area contributed by atoms with E-state index in [9.17, 15) is 8.78 Å². The maximum atomic E-state index is 13.5. The Hall–Kier alpha value is -1.00. The van der Waals surface area contributed by atoms with Gasteiger partial charge in [-0.05, 0) is 22.4 Å². The van der Waals surface area contributed by atoms with Gasteiger partial charge in [0.1, 0.15) is 0 Å². The van der Waals surface area contributed by atoms with Gasteiger partial charge in [0.15, 0.2) is 0 Å². The Labute approximate surface area is 95.9 Å². The van der Waals surface area contributed by atoms with E-state index in [0.29, 0.717) is 0 Å². The van der Waals surface area contributed by atoms with Crippen LogP contribution in [-0.4, -0.2) is 12.5 Å². The first-order valence-electron chi connectivity index (χ1n) is 5.15. The first-order valence-corrected chi connectivity index (χ1v) is 6.03. The van der Waals surface area contributed by atoms with Crippen LogP contribution in [0.5, 0.6) is 0 Å². The number of hydrogen-bond acceptors (Lipinski definition) is 2. The van der Waals surface area contributed by atoms with Crippen molar-refractivity contribution in [2.24, 2.45) is 5.73 Å². The number of nitrogens with two attached hydrogens (primary N) is 1. The average Bonchev–Trinajstić information content (AvgIpc) is 2.67. The lowest BCUT2D eigenvalue weighted by Gasteiger charge is -2.12. The molecule has 1 fully saturated rings. The summed E-state index contributed by atoms with van der Waals surface area (Å²) in [5.74, 6) is -2.63. The summed E-state index contributed by atoms with van der Waals surface area (Å²) < 4.78 is 28.0. The highest BCUT2D eigenvalue weighted by Crippen LogP contribution is 2.62. The van der Waals surface area contributed by atoms with Crippen molar-refractivity contribution in [2.75, 3.05) is 6.54 Å². The van der Waals surface area contributed by atoms with Gasteiger partial charge < -0.3 is 5.73 Å². The number of halogens is 2. The maximum Gasteiger partial charge on any atom is 0.260 e. The first-order chi connectivity index (χ1) is 7.61. The van der Waals surface area contributed by atoms with Crippen LogP contribution in [0.4, 0.5) is 8.78 Å². The molecule has 2 N–H and O–H groups in total. The van der Waals surface area contributed by atoms with Crippen LogP contribution in [0.2, 0.25) is 0 Å². The highest BCUT2D eigenvalue weighted by molar-refractivity contribution is 7.17. The van der Waals surface area contributed by atoms with E-state index in [2.05, 4.69) is 0 Å². The van der Waals surface area contributed by atoms with E-state index in [1.54, 1.807) is 0 Å². The van der Waals surface area contributed by atoms with Crippen molar-refractivity contribution in [2.45, 2.75) is 17.8 Å². The van der Waals surface area contributed by atoms with Gasteiger partial charge in [0.2, 0.25) is 0 Å². The van der Waals surface area contributed by atoms with Crippen molar-refractivity contribution < 1.29 is 8.78 Å². The Bertz CT molecular complexity index is 549. The van der Waals surface area contributed by atoms with Crippen LogP contribution in [-0.2, 0) is 5.41 Å². The predicted octanol–water partition coefficient (Wildman–Crippen LogP) is 3.14. The molecule has 0 saturated heterocycles. The zero-order chi connectivity index (χ0) is 11.4. The van der Waals surface area contributed by atoms with Gasteiger partial charge in [-0.3, -0.25) is 0 Å². The van der Waals surface area contributed by atoms with E-state index < -0.39 is 11.3 Å². The van der Waals surface area contributed by atoms with Crippen LogP contribution >= 0.6 is 11.3 Å². The monoisotopic (exact) mass is 239 g/mol. The third-order valence-electron chi connectivity index (χ3n) is 3.44. The minimum atomic E-state index is -2.63. The Morgan fingerprint density at radius 1 is 1.31 bits per heavy atom. The summed E-state index contributed by atoms with van der Waals surface area (Å²) in [6.45, 7) is 0.0146. The van der Waals surface area contributed by atoms with E-state index in [4.69, 9.17) is 5.73 Å². The summed E-state index contributed by atoms with van der Waals surface area (Å²) in [5, 5.41) is 2.76. The Balaban J connectivity index is 2.20. The largest absolute Gasteiger partial charge is 0.329 e. The normalized spacial score (nSPS) is 27.2. The van der Waals surface area contributed by atoms with Crippen LogP contribution < -0.4 is 5.73 Å². The van der Waals surface area contributed by atoms with Gasteiger partial charge >= 0.3 is 0 Å². The molecular weight excluding hydrogens is 228 g/mol. The number of rotatable bonds is 2. The zero-order valence-corrected chi connectivity index (χ0v) is 9.36.